The highest BCUT2D eigenvalue weighted by atomic mass is 14.6. The second-order valence-corrected chi connectivity index (χ2v) is 7.43. The third kappa shape index (κ3) is 1.26. The smallest absolute Gasteiger partial charge is 0.0295 e. The van der Waals surface area contributed by atoms with Crippen LogP contribution in [0.5, 0.6) is 0 Å². The zero-order chi connectivity index (χ0) is 10.7. The Labute approximate surface area is 89.5 Å². The molecule has 0 spiro atoms. The van der Waals surface area contributed by atoms with E-state index in [1.807, 2.05) is 0 Å². The molecule has 3 fully saturated rings. The van der Waals surface area contributed by atoms with Gasteiger partial charge in [-0.3, -0.25) is 0 Å². The lowest BCUT2D eigenvalue weighted by atomic mass is 9.41. The van der Waals surface area contributed by atoms with Crippen molar-refractivity contribution < 1.29 is 0 Å². The third-order valence-corrected chi connectivity index (χ3v) is 5.47. The first kappa shape index (κ1) is 10.5. The van der Waals surface area contributed by atoms with Crippen LogP contribution in [0.3, 0.4) is 0 Å². The highest BCUT2D eigenvalue weighted by Crippen LogP contribution is 2.65. The van der Waals surface area contributed by atoms with Gasteiger partial charge in [0.05, 0.1) is 0 Å². The maximum atomic E-state index is 2.50. The van der Waals surface area contributed by atoms with Crippen LogP contribution >= 0.6 is 0 Å². The molecule has 2 bridgehead atoms. The molecule has 0 nitrogen and oxygen atoms in total. The number of hydrogen-bond acceptors (Lipinski definition) is 0. The van der Waals surface area contributed by atoms with E-state index in [2.05, 4.69) is 41.5 Å². The zero-order valence-electron chi connectivity index (χ0n) is 10.7. The summed E-state index contributed by atoms with van der Waals surface area (Å²) in [7, 11) is 0. The van der Waals surface area contributed by atoms with Gasteiger partial charge in [0.25, 0.3) is 0 Å². The Hall–Kier alpha value is 0. The van der Waals surface area contributed by atoms with E-state index in [4.69, 9.17) is 0 Å². The average molecular weight is 194 g/mol. The first-order chi connectivity index (χ1) is 6.24. The van der Waals surface area contributed by atoms with Crippen LogP contribution in [0, 0.1) is 34.5 Å². The summed E-state index contributed by atoms with van der Waals surface area (Å²) >= 11 is 0. The van der Waals surface area contributed by atoms with E-state index >= 15 is 0 Å². The van der Waals surface area contributed by atoms with Gasteiger partial charge in [-0.2, -0.15) is 0 Å². The van der Waals surface area contributed by atoms with Gasteiger partial charge >= 0.3 is 0 Å². The molecule has 0 aromatic rings. The van der Waals surface area contributed by atoms with Gasteiger partial charge in [-0.05, 0) is 47.3 Å². The summed E-state index contributed by atoms with van der Waals surface area (Å²) in [5, 5.41) is 0. The minimum atomic E-state index is 0.521. The molecule has 0 N–H and O–H groups in total. The predicted octanol–water partition coefficient (Wildman–Crippen LogP) is 4.35. The topological polar surface area (TPSA) is 0 Å². The van der Waals surface area contributed by atoms with Crippen LogP contribution in [-0.2, 0) is 0 Å². The average Bonchev–Trinajstić information content (AvgIpc) is 2.01. The lowest BCUT2D eigenvalue weighted by molar-refractivity contribution is -0.150. The summed E-state index contributed by atoms with van der Waals surface area (Å²) in [5.41, 5.74) is 1.17. The van der Waals surface area contributed by atoms with Crippen LogP contribution in [0.25, 0.3) is 0 Å². The van der Waals surface area contributed by atoms with Crippen molar-refractivity contribution in [3.63, 3.8) is 0 Å². The van der Waals surface area contributed by atoms with E-state index in [0.717, 1.165) is 23.7 Å². The summed E-state index contributed by atoms with van der Waals surface area (Å²) in [6.07, 6.45) is 2.99. The minimum absolute atomic E-state index is 0.521. The standard InChI is InChI=1S/C14H26/c1-9-11(13(2,3)4)7-10-8-12(9)14(10,5)6/h9-12H,7-8H2,1-6H3/t9-,10-,11-,12-/m0/s1. The highest BCUT2D eigenvalue weighted by Gasteiger charge is 2.57. The molecule has 3 saturated carbocycles. The normalized spacial score (nSPS) is 45.9. The fraction of sp³-hybridized carbons (Fsp3) is 1.00. The molecule has 3 aliphatic carbocycles. The first-order valence-electron chi connectivity index (χ1n) is 6.24. The van der Waals surface area contributed by atoms with Gasteiger partial charge in [0, 0.05) is 0 Å². The van der Waals surface area contributed by atoms with E-state index in [1.165, 1.54) is 12.8 Å². The molecule has 0 heterocycles. The minimum Gasteiger partial charge on any atom is -0.0619 e. The molecule has 0 aromatic heterocycles. The Morgan fingerprint density at radius 3 is 2.00 bits per heavy atom. The van der Waals surface area contributed by atoms with Crippen LogP contribution in [0.4, 0.5) is 0 Å². The van der Waals surface area contributed by atoms with E-state index in [1.54, 1.807) is 0 Å². The van der Waals surface area contributed by atoms with Crippen molar-refractivity contribution in [1.29, 1.82) is 0 Å². The van der Waals surface area contributed by atoms with Crippen LogP contribution < -0.4 is 0 Å². The largest absolute Gasteiger partial charge is 0.0619 e. The molecule has 0 unspecified atom stereocenters. The molecule has 0 saturated heterocycles. The summed E-state index contributed by atoms with van der Waals surface area (Å²) in [6, 6.07) is 0. The van der Waals surface area contributed by atoms with Gasteiger partial charge < -0.3 is 0 Å². The molecule has 0 radical (unpaired) electrons. The second kappa shape index (κ2) is 2.77. The molecule has 82 valence electrons. The maximum Gasteiger partial charge on any atom is -0.0295 e. The molecule has 0 amide bonds. The van der Waals surface area contributed by atoms with Crippen LogP contribution in [0.2, 0.25) is 0 Å². The Balaban J connectivity index is 2.16. The molecule has 3 aliphatic rings. The Morgan fingerprint density at radius 1 is 1.07 bits per heavy atom. The Bertz CT molecular complexity index is 231. The number of rotatable bonds is 0. The number of fused-ring (bicyclic) bond motifs is 2. The van der Waals surface area contributed by atoms with Crippen LogP contribution in [0.15, 0.2) is 0 Å². The van der Waals surface area contributed by atoms with Gasteiger partial charge in [0.1, 0.15) is 0 Å². The molecule has 0 aliphatic heterocycles. The van der Waals surface area contributed by atoms with E-state index < -0.39 is 0 Å². The monoisotopic (exact) mass is 194 g/mol. The van der Waals surface area contributed by atoms with Crippen molar-refractivity contribution in [2.75, 3.05) is 0 Å². The summed E-state index contributed by atoms with van der Waals surface area (Å²) in [5.74, 6) is 3.92. The first-order valence-corrected chi connectivity index (χ1v) is 6.24. The lowest BCUT2D eigenvalue weighted by Gasteiger charge is -2.64. The highest BCUT2D eigenvalue weighted by molar-refractivity contribution is 5.06. The molecule has 14 heavy (non-hydrogen) atoms. The van der Waals surface area contributed by atoms with Crippen molar-refractivity contribution >= 4 is 0 Å². The second-order valence-electron chi connectivity index (χ2n) is 7.43. The van der Waals surface area contributed by atoms with Crippen molar-refractivity contribution in [3.8, 4) is 0 Å². The third-order valence-electron chi connectivity index (χ3n) is 5.47. The molecule has 3 rings (SSSR count). The van der Waals surface area contributed by atoms with Crippen molar-refractivity contribution in [1.82, 2.24) is 0 Å². The van der Waals surface area contributed by atoms with E-state index in [-0.39, 0.29) is 0 Å². The molecular formula is C14H26. The predicted molar refractivity (Wildman–Crippen MR) is 62.1 cm³/mol. The summed E-state index contributed by atoms with van der Waals surface area (Å²) in [4.78, 5) is 0. The Kier molecular flexibility index (Phi) is 2.08. The van der Waals surface area contributed by atoms with Gasteiger partial charge in [0.2, 0.25) is 0 Å². The van der Waals surface area contributed by atoms with Crippen molar-refractivity contribution in [3.05, 3.63) is 0 Å². The van der Waals surface area contributed by atoms with Gasteiger partial charge in [0.15, 0.2) is 0 Å². The van der Waals surface area contributed by atoms with Crippen LogP contribution in [-0.4, -0.2) is 0 Å². The fourth-order valence-electron chi connectivity index (χ4n) is 4.29. The van der Waals surface area contributed by atoms with Crippen molar-refractivity contribution in [2.45, 2.75) is 54.4 Å². The number of hydrogen-bond donors (Lipinski definition) is 0. The lowest BCUT2D eigenvalue weighted by Crippen LogP contribution is -2.57. The molecule has 4 atom stereocenters. The van der Waals surface area contributed by atoms with Gasteiger partial charge in [-0.25, -0.2) is 0 Å². The van der Waals surface area contributed by atoms with Gasteiger partial charge in [-0.1, -0.05) is 41.5 Å². The molecule has 0 heteroatoms. The van der Waals surface area contributed by atoms with E-state index in [0.29, 0.717) is 10.8 Å². The maximum absolute atomic E-state index is 2.50. The van der Waals surface area contributed by atoms with Gasteiger partial charge in [-0.15, -0.1) is 0 Å². The molecular weight excluding hydrogens is 168 g/mol. The van der Waals surface area contributed by atoms with Crippen molar-refractivity contribution in [2.24, 2.45) is 34.5 Å². The quantitative estimate of drug-likeness (QED) is 0.538. The van der Waals surface area contributed by atoms with Crippen LogP contribution in [0.1, 0.15) is 54.4 Å². The zero-order valence-corrected chi connectivity index (χ0v) is 10.7. The summed E-state index contributed by atoms with van der Waals surface area (Å²) in [6.45, 7) is 14.7. The van der Waals surface area contributed by atoms with E-state index in [9.17, 15) is 0 Å². The SMILES string of the molecule is C[C@H]1[C@@H](C(C)(C)C)C[C@H]2C[C@@H]1C2(C)C. The molecule has 0 aromatic carbocycles. The Morgan fingerprint density at radius 2 is 1.64 bits per heavy atom. The summed E-state index contributed by atoms with van der Waals surface area (Å²) < 4.78 is 0. The fourth-order valence-corrected chi connectivity index (χ4v) is 4.29.